The van der Waals surface area contributed by atoms with Crippen LogP contribution in [0.4, 0.5) is 4.79 Å². The highest BCUT2D eigenvalue weighted by molar-refractivity contribution is 6.38. The summed E-state index contributed by atoms with van der Waals surface area (Å²) in [6, 6.07) is 4.71. The molecule has 2 unspecified atom stereocenters. The van der Waals surface area contributed by atoms with Crippen molar-refractivity contribution in [3.63, 3.8) is 0 Å². The van der Waals surface area contributed by atoms with Crippen molar-refractivity contribution < 1.29 is 38.3 Å². The number of likely N-dealkylation sites (tertiary alicyclic amines) is 1. The first kappa shape index (κ1) is 48.9. The first-order chi connectivity index (χ1) is 27.8. The number of nitrogens with one attached hydrogen (secondary N) is 3. The van der Waals surface area contributed by atoms with Crippen molar-refractivity contribution in [3.05, 3.63) is 35.9 Å². The van der Waals surface area contributed by atoms with E-state index in [1.54, 1.807) is 75.0 Å². The van der Waals surface area contributed by atoms with E-state index in [-0.39, 0.29) is 41.9 Å². The summed E-state index contributed by atoms with van der Waals surface area (Å²) in [7, 11) is 3.14. The smallest absolute Gasteiger partial charge is 0.410 e. The number of amides is 6. The van der Waals surface area contributed by atoms with Gasteiger partial charge < -0.3 is 30.5 Å². The van der Waals surface area contributed by atoms with E-state index in [2.05, 4.69) is 29.8 Å². The number of hydrogen-bond acceptors (Lipinski definition) is 8. The van der Waals surface area contributed by atoms with Gasteiger partial charge in [-0.05, 0) is 75.7 Å². The molecule has 1 saturated carbocycles. The Hall–Kier alpha value is -4.49. The Labute approximate surface area is 352 Å². The van der Waals surface area contributed by atoms with Crippen LogP contribution in [0.1, 0.15) is 131 Å². The molecule has 2 aliphatic rings. The number of ether oxygens (including phenoxy) is 1. The zero-order valence-corrected chi connectivity index (χ0v) is 37.3. The number of rotatable bonds is 19. The number of Topliss-reactive ketones (excluding diaryl/α,β-unsaturated/α-hetero) is 1. The first-order valence-corrected chi connectivity index (χ1v) is 21.8. The molecule has 1 aromatic carbocycles. The highest BCUT2D eigenvalue weighted by atomic mass is 16.6. The van der Waals surface area contributed by atoms with E-state index in [1.807, 2.05) is 20.8 Å². The third-order valence-electron chi connectivity index (χ3n) is 11.6. The van der Waals surface area contributed by atoms with E-state index in [4.69, 9.17) is 4.74 Å². The number of hydrogen-bond donors (Lipinski definition) is 3. The van der Waals surface area contributed by atoms with Crippen LogP contribution in [0.25, 0.3) is 0 Å². The van der Waals surface area contributed by atoms with Crippen LogP contribution in [0.5, 0.6) is 0 Å². The largest absolute Gasteiger partial charge is 0.444 e. The van der Waals surface area contributed by atoms with E-state index < -0.39 is 65.9 Å². The fourth-order valence-corrected chi connectivity index (χ4v) is 8.44. The second-order valence-corrected chi connectivity index (χ2v) is 17.9. The van der Waals surface area contributed by atoms with Crippen LogP contribution in [0.2, 0.25) is 0 Å². The van der Waals surface area contributed by atoms with Crippen LogP contribution in [-0.2, 0) is 33.5 Å². The van der Waals surface area contributed by atoms with Crippen LogP contribution >= 0.6 is 0 Å². The van der Waals surface area contributed by atoms with Gasteiger partial charge in [-0.3, -0.25) is 33.7 Å². The molecule has 3 N–H and O–H groups in total. The summed E-state index contributed by atoms with van der Waals surface area (Å²) in [5.74, 6) is -3.91. The fraction of sp³-hybridized carbons (Fsp3) is 0.711. The molecule has 0 radical (unpaired) electrons. The minimum absolute atomic E-state index is 0.00132. The predicted molar refractivity (Wildman–Crippen MR) is 227 cm³/mol. The molecule has 6 atom stereocenters. The molecule has 59 heavy (non-hydrogen) atoms. The molecule has 1 aromatic rings. The second kappa shape index (κ2) is 22.8. The van der Waals surface area contributed by atoms with Gasteiger partial charge in [0.1, 0.15) is 23.7 Å². The number of likely N-dealkylation sites (N-methyl/N-ethyl adjacent to an activating group) is 1. The van der Waals surface area contributed by atoms with E-state index in [9.17, 15) is 28.8 Å². The average Bonchev–Trinajstić information content (AvgIpc) is 3.58. The molecular formula is C45H72N6O8. The molecule has 14 heteroatoms. The Morgan fingerprint density at radius 3 is 2.07 bits per heavy atom. The lowest BCUT2D eigenvalue weighted by Crippen LogP contribution is -2.60. The van der Waals surface area contributed by atoms with E-state index in [0.29, 0.717) is 37.9 Å². The molecule has 330 valence electrons. The van der Waals surface area contributed by atoms with Crippen molar-refractivity contribution in [2.75, 3.05) is 33.7 Å². The van der Waals surface area contributed by atoms with Crippen molar-refractivity contribution in [1.29, 1.82) is 0 Å². The van der Waals surface area contributed by atoms with E-state index >= 15 is 4.79 Å². The molecule has 6 amide bonds. The molecule has 3 rings (SSSR count). The Morgan fingerprint density at radius 1 is 0.881 bits per heavy atom. The summed E-state index contributed by atoms with van der Waals surface area (Å²) >= 11 is 0. The number of benzene rings is 1. The maximum Gasteiger partial charge on any atom is 0.410 e. The maximum atomic E-state index is 15.2. The van der Waals surface area contributed by atoms with Crippen molar-refractivity contribution in [1.82, 2.24) is 30.7 Å². The molecule has 14 nitrogen and oxygen atoms in total. The number of ketones is 1. The van der Waals surface area contributed by atoms with Gasteiger partial charge in [0.15, 0.2) is 0 Å². The molecule has 1 saturated heterocycles. The third-order valence-corrected chi connectivity index (χ3v) is 11.6. The summed E-state index contributed by atoms with van der Waals surface area (Å²) in [6.45, 7) is 15.5. The Balaban J connectivity index is 1.88. The molecular weight excluding hydrogens is 753 g/mol. The van der Waals surface area contributed by atoms with Crippen LogP contribution in [0.3, 0.4) is 0 Å². The maximum absolute atomic E-state index is 15.2. The van der Waals surface area contributed by atoms with Gasteiger partial charge in [0.2, 0.25) is 29.4 Å². The van der Waals surface area contributed by atoms with Gasteiger partial charge in [-0.25, -0.2) is 4.79 Å². The monoisotopic (exact) mass is 825 g/mol. The minimum atomic E-state index is -1.21. The molecule has 0 bridgehead atoms. The third kappa shape index (κ3) is 13.8. The lowest BCUT2D eigenvalue weighted by atomic mass is 9.82. The molecule has 2 fully saturated rings. The minimum Gasteiger partial charge on any atom is -0.444 e. The molecule has 1 aliphatic heterocycles. The van der Waals surface area contributed by atoms with Crippen LogP contribution in [0, 0.1) is 23.7 Å². The summed E-state index contributed by atoms with van der Waals surface area (Å²) in [5, 5.41) is 7.86. The topological polar surface area (TPSA) is 175 Å². The predicted octanol–water partition coefficient (Wildman–Crippen LogP) is 5.40. The summed E-state index contributed by atoms with van der Waals surface area (Å²) < 4.78 is 5.92. The summed E-state index contributed by atoms with van der Waals surface area (Å²) in [5.41, 5.74) is -0.225. The number of nitrogens with zero attached hydrogens (tertiary/aromatic N) is 3. The quantitative estimate of drug-likeness (QED) is 0.156. The average molecular weight is 825 g/mol. The van der Waals surface area contributed by atoms with Gasteiger partial charge in [-0.2, -0.15) is 0 Å². The SMILES string of the molecule is CCCC(NC(=O)C1[C@@H](CC)[C@H](CC)CN1C(=O)[C@H](C1CCCCC1)N(CCC(C)C)C(=O)OC(C)(C)C)C(=O)C(=O)NCC(=O)N[C@H](C(=O)N(C)C)c1ccccc1. The van der Waals surface area contributed by atoms with Crippen molar-refractivity contribution in [2.24, 2.45) is 23.7 Å². The van der Waals surface area contributed by atoms with Gasteiger partial charge in [-0.1, -0.05) is 103 Å². The van der Waals surface area contributed by atoms with Crippen LogP contribution < -0.4 is 16.0 Å². The van der Waals surface area contributed by atoms with Gasteiger partial charge in [0, 0.05) is 27.2 Å². The number of carbonyl (C=O) groups is 7. The van der Waals surface area contributed by atoms with E-state index in [0.717, 1.165) is 38.5 Å². The highest BCUT2D eigenvalue weighted by Gasteiger charge is 2.51. The molecule has 1 aliphatic carbocycles. The van der Waals surface area contributed by atoms with Gasteiger partial charge in [-0.15, -0.1) is 0 Å². The van der Waals surface area contributed by atoms with Crippen molar-refractivity contribution >= 4 is 41.4 Å². The standard InChI is InChI=1S/C45H72N6O8/c1-11-20-34(39(53)41(55)46-27-35(52)48-36(42(56)49(9)10)31-21-16-14-17-22-31)47-40(54)38-33(13-3)30(12-2)28-51(38)43(57)37(32-23-18-15-19-24-32)50(26-25-29(4)5)44(58)59-45(6,7)8/h14,16-17,21-22,29-30,32-34,36-38H,11-13,15,18-20,23-28H2,1-10H3,(H,46,55)(H,47,54)(H,48,52)/t30-,33+,34?,36+,37+,38?/m1/s1. The fourth-order valence-electron chi connectivity index (χ4n) is 8.44. The molecule has 1 heterocycles. The highest BCUT2D eigenvalue weighted by Crippen LogP contribution is 2.38. The van der Waals surface area contributed by atoms with Gasteiger partial charge in [0.25, 0.3) is 5.91 Å². The van der Waals surface area contributed by atoms with Gasteiger partial charge in [0.05, 0.1) is 12.6 Å². The lowest BCUT2D eigenvalue weighted by Gasteiger charge is -2.41. The second-order valence-electron chi connectivity index (χ2n) is 17.9. The normalized spacial score (nSPS) is 19.9. The zero-order valence-electron chi connectivity index (χ0n) is 37.3. The van der Waals surface area contributed by atoms with E-state index in [1.165, 1.54) is 4.90 Å². The van der Waals surface area contributed by atoms with Gasteiger partial charge >= 0.3 is 6.09 Å². The summed E-state index contributed by atoms with van der Waals surface area (Å²) in [6.07, 6.45) is 6.52. The lowest BCUT2D eigenvalue weighted by molar-refractivity contribution is -0.146. The number of carbonyl (C=O) groups excluding carboxylic acids is 7. The van der Waals surface area contributed by atoms with Crippen LogP contribution in [0.15, 0.2) is 30.3 Å². The van der Waals surface area contributed by atoms with Crippen LogP contribution in [-0.4, -0.2) is 114 Å². The first-order valence-electron chi connectivity index (χ1n) is 21.8. The Bertz CT molecular complexity index is 1590. The summed E-state index contributed by atoms with van der Waals surface area (Å²) in [4.78, 5) is 101. The Morgan fingerprint density at radius 2 is 1.53 bits per heavy atom. The molecule has 0 spiro atoms. The van der Waals surface area contributed by atoms with Crippen molar-refractivity contribution in [2.45, 2.75) is 149 Å². The molecule has 0 aromatic heterocycles. The van der Waals surface area contributed by atoms with Crippen molar-refractivity contribution in [3.8, 4) is 0 Å². The zero-order chi connectivity index (χ0) is 44.0. The Kier molecular flexibility index (Phi) is 18.9.